The van der Waals surface area contributed by atoms with E-state index < -0.39 is 42.2 Å². The summed E-state index contributed by atoms with van der Waals surface area (Å²) < 4.78 is 40.4. The lowest BCUT2D eigenvalue weighted by Crippen LogP contribution is -2.58. The van der Waals surface area contributed by atoms with Gasteiger partial charge in [-0.3, -0.25) is 18.9 Å². The molecule has 2 aromatic carbocycles. The number of alkyl halides is 2. The predicted octanol–water partition coefficient (Wildman–Crippen LogP) is 6.06. The maximum absolute atomic E-state index is 14.3. The van der Waals surface area contributed by atoms with Crippen molar-refractivity contribution in [2.45, 2.75) is 76.5 Å². The third-order valence-corrected chi connectivity index (χ3v) is 11.0. The van der Waals surface area contributed by atoms with E-state index in [9.17, 15) is 27.7 Å². The Balaban J connectivity index is 1.33. The summed E-state index contributed by atoms with van der Waals surface area (Å²) in [5, 5.41) is 3.06. The number of benzene rings is 2. The van der Waals surface area contributed by atoms with Crippen molar-refractivity contribution in [1.82, 2.24) is 15.1 Å². The van der Waals surface area contributed by atoms with Crippen molar-refractivity contribution >= 4 is 46.7 Å². The minimum Gasteiger partial charge on any atom is -0.340 e. The molecule has 13 heteroatoms. The largest absolute Gasteiger partial charge is 0.399 e. The fourth-order valence-electron chi connectivity index (χ4n) is 6.36. The minimum absolute atomic E-state index is 0.0694. The summed E-state index contributed by atoms with van der Waals surface area (Å²) in [4.78, 5) is 63.5. The van der Waals surface area contributed by atoms with E-state index in [-0.39, 0.29) is 28.0 Å². The molecule has 46 heavy (non-hydrogen) atoms. The van der Waals surface area contributed by atoms with E-state index in [2.05, 4.69) is 17.4 Å². The van der Waals surface area contributed by atoms with Crippen LogP contribution in [0.1, 0.15) is 79.6 Å². The van der Waals surface area contributed by atoms with Crippen LogP contribution in [-0.4, -0.2) is 69.0 Å². The number of thiophene rings is 1. The Labute approximate surface area is 271 Å². The summed E-state index contributed by atoms with van der Waals surface area (Å²) in [7, 11) is -5.76. The van der Waals surface area contributed by atoms with Crippen LogP contribution < -0.4 is 5.32 Å². The van der Waals surface area contributed by atoms with E-state index >= 15 is 0 Å². The summed E-state index contributed by atoms with van der Waals surface area (Å²) in [5.41, 5.74) is -4.76. The molecule has 0 aliphatic carbocycles. The summed E-state index contributed by atoms with van der Waals surface area (Å²) in [6.07, 6.45) is 4.11. The molecule has 2 saturated heterocycles. The smallest absolute Gasteiger partial charge is 0.340 e. The molecule has 3 N–H and O–H groups in total. The zero-order chi connectivity index (χ0) is 33.4. The summed E-state index contributed by atoms with van der Waals surface area (Å²) in [6, 6.07) is 13.1. The average molecular weight is 676 g/mol. The van der Waals surface area contributed by atoms with Crippen LogP contribution in [0.4, 0.5) is 8.78 Å². The van der Waals surface area contributed by atoms with Crippen LogP contribution in [-0.2, 0) is 19.8 Å². The van der Waals surface area contributed by atoms with Gasteiger partial charge < -0.3 is 24.9 Å². The number of rotatable bonds is 7. The molecular formula is C33H40F2N3O6PS. The first kappa shape index (κ1) is 34.2. The molecule has 248 valence electrons. The lowest BCUT2D eigenvalue weighted by molar-refractivity contribution is -0.146. The van der Waals surface area contributed by atoms with Crippen molar-refractivity contribution < 1.29 is 37.5 Å². The van der Waals surface area contributed by atoms with Gasteiger partial charge in [-0.2, -0.15) is 8.78 Å². The van der Waals surface area contributed by atoms with E-state index in [0.717, 1.165) is 42.7 Å². The number of amides is 3. The normalized spacial score (nSPS) is 20.4. The lowest BCUT2D eigenvalue weighted by atomic mass is 9.85. The van der Waals surface area contributed by atoms with Gasteiger partial charge in [-0.25, -0.2) is 0 Å². The Morgan fingerprint density at radius 1 is 0.978 bits per heavy atom. The van der Waals surface area contributed by atoms with Gasteiger partial charge in [0, 0.05) is 35.8 Å². The highest BCUT2D eigenvalue weighted by atomic mass is 32.1. The standard InChI is InChI=1S/C33H40F2N3O6PS/c1-32(2,3)28(36-29(39)27-19-23-18-24(14-15-26(23)46-27)33(34,35)45(42,43)44)31(41)38-17-9-13-25(38)30(40)37-16-8-7-12-22(20-37)21-10-5-4-6-11-21/h4-6,10-11,14-15,18-19,22,25,28H,7-9,12-13,16-17,20H2,1-3H3,(H,36,39)(H2,42,43,44)/t22?,25-,28+/m0/s1. The molecule has 3 heterocycles. The Bertz CT molecular complexity index is 1650. The number of hydrogen-bond acceptors (Lipinski definition) is 5. The zero-order valence-electron chi connectivity index (χ0n) is 26.1. The lowest BCUT2D eigenvalue weighted by Gasteiger charge is -2.37. The number of nitrogens with zero attached hydrogens (tertiary/aromatic N) is 2. The SMILES string of the molecule is CC(C)(C)[C@H](NC(=O)c1cc2cc(C(F)(F)P(=O)(O)O)ccc2s1)C(=O)N1CCC[C@H]1C(=O)N1CCCCC(c2ccccc2)C1. The molecule has 3 amide bonds. The molecule has 3 atom stereocenters. The first-order valence-electron chi connectivity index (χ1n) is 15.5. The van der Waals surface area contributed by atoms with Crippen LogP contribution in [0.15, 0.2) is 54.6 Å². The van der Waals surface area contributed by atoms with Gasteiger partial charge in [0.2, 0.25) is 11.8 Å². The van der Waals surface area contributed by atoms with E-state index in [4.69, 9.17) is 9.79 Å². The third-order valence-electron chi connectivity index (χ3n) is 8.92. The van der Waals surface area contributed by atoms with E-state index in [1.54, 1.807) is 4.90 Å². The van der Waals surface area contributed by atoms with Crippen LogP contribution >= 0.6 is 18.9 Å². The quantitative estimate of drug-likeness (QED) is 0.262. The molecule has 9 nitrogen and oxygen atoms in total. The molecule has 0 radical (unpaired) electrons. The summed E-state index contributed by atoms with van der Waals surface area (Å²) >= 11 is 1.02. The Kier molecular flexibility index (Phi) is 9.76. The molecule has 0 saturated carbocycles. The summed E-state index contributed by atoms with van der Waals surface area (Å²) in [5.74, 6) is -0.783. The molecular weight excluding hydrogens is 635 g/mol. The monoisotopic (exact) mass is 675 g/mol. The molecule has 2 aliphatic heterocycles. The molecule has 1 aromatic heterocycles. The first-order chi connectivity index (χ1) is 21.6. The first-order valence-corrected chi connectivity index (χ1v) is 17.9. The number of carbonyl (C=O) groups excluding carboxylic acids is 3. The second-order valence-corrected chi connectivity index (χ2v) is 16.0. The van der Waals surface area contributed by atoms with Gasteiger partial charge in [-0.05, 0) is 60.2 Å². The van der Waals surface area contributed by atoms with Crippen LogP contribution in [0, 0.1) is 5.41 Å². The minimum atomic E-state index is -5.76. The number of nitrogens with one attached hydrogen (secondary N) is 1. The van der Waals surface area contributed by atoms with Gasteiger partial charge in [0.1, 0.15) is 12.1 Å². The summed E-state index contributed by atoms with van der Waals surface area (Å²) in [6.45, 7) is 7.09. The van der Waals surface area contributed by atoms with Crippen molar-refractivity contribution in [2.75, 3.05) is 19.6 Å². The molecule has 2 fully saturated rings. The van der Waals surface area contributed by atoms with Gasteiger partial charge in [0.25, 0.3) is 5.91 Å². The Morgan fingerprint density at radius 3 is 2.37 bits per heavy atom. The highest BCUT2D eigenvalue weighted by Gasteiger charge is 2.50. The fraction of sp³-hybridized carbons (Fsp3) is 0.485. The Morgan fingerprint density at radius 2 is 1.70 bits per heavy atom. The van der Waals surface area contributed by atoms with Crippen molar-refractivity contribution in [2.24, 2.45) is 5.41 Å². The molecule has 3 aromatic rings. The number of fused-ring (bicyclic) bond motifs is 1. The van der Waals surface area contributed by atoms with Crippen LogP contribution in [0.3, 0.4) is 0 Å². The predicted molar refractivity (Wildman–Crippen MR) is 173 cm³/mol. The molecule has 2 aliphatic rings. The van der Waals surface area contributed by atoms with Crippen molar-refractivity contribution in [3.63, 3.8) is 0 Å². The second-order valence-electron chi connectivity index (χ2n) is 13.3. The second kappa shape index (κ2) is 13.1. The molecule has 0 bridgehead atoms. The van der Waals surface area contributed by atoms with Crippen LogP contribution in [0.5, 0.6) is 0 Å². The molecule has 0 spiro atoms. The van der Waals surface area contributed by atoms with Crippen LogP contribution in [0.2, 0.25) is 0 Å². The topological polar surface area (TPSA) is 127 Å². The van der Waals surface area contributed by atoms with Gasteiger partial charge in [0.15, 0.2) is 0 Å². The maximum Gasteiger partial charge on any atom is 0.399 e. The van der Waals surface area contributed by atoms with Crippen molar-refractivity contribution in [1.29, 1.82) is 0 Å². The van der Waals surface area contributed by atoms with Gasteiger partial charge >= 0.3 is 13.3 Å². The van der Waals surface area contributed by atoms with Crippen molar-refractivity contribution in [3.8, 4) is 0 Å². The Hall–Kier alpha value is -3.18. The van der Waals surface area contributed by atoms with Gasteiger partial charge in [-0.15, -0.1) is 11.3 Å². The molecule has 1 unspecified atom stereocenters. The van der Waals surface area contributed by atoms with E-state index in [1.807, 2.05) is 43.9 Å². The number of halogens is 2. The molecule has 5 rings (SSSR count). The average Bonchev–Trinajstić information content (AvgIpc) is 3.59. The van der Waals surface area contributed by atoms with Crippen LogP contribution in [0.25, 0.3) is 10.1 Å². The fourth-order valence-corrected chi connectivity index (χ4v) is 7.79. The number of likely N-dealkylation sites (tertiary alicyclic amines) is 2. The highest BCUT2D eigenvalue weighted by molar-refractivity contribution is 7.52. The highest BCUT2D eigenvalue weighted by Crippen LogP contribution is 2.59. The van der Waals surface area contributed by atoms with E-state index in [1.165, 1.54) is 17.7 Å². The number of hydrogen-bond donors (Lipinski definition) is 3. The third kappa shape index (κ3) is 7.05. The number of carbonyl (C=O) groups is 3. The van der Waals surface area contributed by atoms with E-state index in [0.29, 0.717) is 37.2 Å². The zero-order valence-corrected chi connectivity index (χ0v) is 27.8. The maximum atomic E-state index is 14.3. The van der Waals surface area contributed by atoms with Crippen molar-refractivity contribution in [3.05, 3.63) is 70.6 Å². The van der Waals surface area contributed by atoms with Gasteiger partial charge in [0.05, 0.1) is 4.88 Å². The van der Waals surface area contributed by atoms with Gasteiger partial charge in [-0.1, -0.05) is 63.6 Å².